The number of aromatic hydroxyl groups is 1. The van der Waals surface area contributed by atoms with Crippen LogP contribution in [0.2, 0.25) is 0 Å². The molecule has 0 bridgehead atoms. The highest BCUT2D eigenvalue weighted by Gasteiger charge is 2.18. The van der Waals surface area contributed by atoms with E-state index in [2.05, 4.69) is 12.2 Å². The van der Waals surface area contributed by atoms with E-state index < -0.39 is 0 Å². The van der Waals surface area contributed by atoms with E-state index in [4.69, 9.17) is 0 Å². The van der Waals surface area contributed by atoms with Crippen molar-refractivity contribution < 1.29 is 9.50 Å². The normalized spacial score (nSPS) is 19.1. The summed E-state index contributed by atoms with van der Waals surface area (Å²) < 4.78 is 13.1. The van der Waals surface area contributed by atoms with Crippen LogP contribution in [0, 0.1) is 11.7 Å². The summed E-state index contributed by atoms with van der Waals surface area (Å²) in [5.74, 6) is 0.580. The minimum Gasteiger partial charge on any atom is -0.508 e. The van der Waals surface area contributed by atoms with Gasteiger partial charge in [-0.05, 0) is 43.9 Å². The van der Waals surface area contributed by atoms with Gasteiger partial charge >= 0.3 is 0 Å². The average molecular weight is 265 g/mol. The molecule has 1 aliphatic rings. The zero-order valence-electron chi connectivity index (χ0n) is 11.7. The first kappa shape index (κ1) is 14.3. The van der Waals surface area contributed by atoms with Crippen molar-refractivity contribution in [2.45, 2.75) is 58.0 Å². The smallest absolute Gasteiger partial charge is 0.123 e. The van der Waals surface area contributed by atoms with E-state index in [1.807, 2.05) is 0 Å². The molecule has 0 amide bonds. The van der Waals surface area contributed by atoms with Gasteiger partial charge in [-0.25, -0.2) is 4.39 Å². The topological polar surface area (TPSA) is 32.3 Å². The first-order valence-corrected chi connectivity index (χ1v) is 7.37. The molecule has 0 spiro atoms. The van der Waals surface area contributed by atoms with Crippen LogP contribution < -0.4 is 5.32 Å². The fourth-order valence-corrected chi connectivity index (χ4v) is 2.94. The third-order valence-electron chi connectivity index (χ3n) is 4.26. The molecule has 0 radical (unpaired) electrons. The van der Waals surface area contributed by atoms with Gasteiger partial charge in [0.25, 0.3) is 0 Å². The number of hydrogen-bond donors (Lipinski definition) is 2. The van der Waals surface area contributed by atoms with Gasteiger partial charge in [0.05, 0.1) is 0 Å². The van der Waals surface area contributed by atoms with Crippen LogP contribution >= 0.6 is 0 Å². The maximum Gasteiger partial charge on any atom is 0.123 e. The molecule has 2 nitrogen and oxygen atoms in total. The van der Waals surface area contributed by atoms with Crippen molar-refractivity contribution in [3.05, 3.63) is 29.6 Å². The van der Waals surface area contributed by atoms with Crippen LogP contribution in [0.5, 0.6) is 5.75 Å². The van der Waals surface area contributed by atoms with Crippen molar-refractivity contribution in [2.75, 3.05) is 0 Å². The number of halogens is 1. The van der Waals surface area contributed by atoms with Gasteiger partial charge in [-0.15, -0.1) is 0 Å². The largest absolute Gasteiger partial charge is 0.508 e. The highest BCUT2D eigenvalue weighted by Crippen LogP contribution is 2.26. The van der Waals surface area contributed by atoms with E-state index in [0.29, 0.717) is 24.1 Å². The van der Waals surface area contributed by atoms with Crippen LogP contribution in [-0.2, 0) is 6.54 Å². The zero-order chi connectivity index (χ0) is 13.7. The van der Waals surface area contributed by atoms with E-state index in [9.17, 15) is 9.50 Å². The predicted octanol–water partition coefficient (Wildman–Crippen LogP) is 3.98. The van der Waals surface area contributed by atoms with Gasteiger partial charge in [0.2, 0.25) is 0 Å². The van der Waals surface area contributed by atoms with Crippen LogP contribution in [0.1, 0.15) is 51.0 Å². The Morgan fingerprint density at radius 3 is 2.63 bits per heavy atom. The molecule has 1 fully saturated rings. The lowest BCUT2D eigenvalue weighted by molar-refractivity contribution is 0.334. The average Bonchev–Trinajstić information content (AvgIpc) is 2.68. The van der Waals surface area contributed by atoms with E-state index in [-0.39, 0.29) is 11.6 Å². The second kappa shape index (κ2) is 6.90. The molecule has 1 aromatic rings. The molecule has 1 saturated carbocycles. The van der Waals surface area contributed by atoms with Crippen LogP contribution in [0.25, 0.3) is 0 Å². The summed E-state index contributed by atoms with van der Waals surface area (Å²) in [6.45, 7) is 2.73. The molecule has 2 N–H and O–H groups in total. The third-order valence-corrected chi connectivity index (χ3v) is 4.26. The lowest BCUT2D eigenvalue weighted by atomic mass is 9.93. The number of rotatable bonds is 4. The Bertz CT molecular complexity index is 400. The van der Waals surface area contributed by atoms with Gasteiger partial charge in [0.1, 0.15) is 11.6 Å². The number of hydrogen-bond acceptors (Lipinski definition) is 2. The minimum atomic E-state index is -0.295. The summed E-state index contributed by atoms with van der Waals surface area (Å²) in [4.78, 5) is 0. The molecule has 0 saturated heterocycles. The van der Waals surface area contributed by atoms with Gasteiger partial charge < -0.3 is 10.4 Å². The molecule has 2 rings (SSSR count). The van der Waals surface area contributed by atoms with Crippen molar-refractivity contribution in [3.63, 3.8) is 0 Å². The Morgan fingerprint density at radius 1 is 1.26 bits per heavy atom. The Labute approximate surface area is 115 Å². The Kier molecular flexibility index (Phi) is 5.20. The molecule has 0 heterocycles. The minimum absolute atomic E-state index is 0.168. The summed E-state index contributed by atoms with van der Waals surface area (Å²) in [6.07, 6.45) is 7.91. The molecule has 0 unspecified atom stereocenters. The Hall–Kier alpha value is -1.09. The first-order chi connectivity index (χ1) is 9.16. The number of nitrogens with one attached hydrogen (secondary N) is 1. The van der Waals surface area contributed by atoms with Gasteiger partial charge in [0.15, 0.2) is 0 Å². The fraction of sp³-hybridized carbons (Fsp3) is 0.625. The van der Waals surface area contributed by atoms with E-state index >= 15 is 0 Å². The summed E-state index contributed by atoms with van der Waals surface area (Å²) in [5.41, 5.74) is 0.639. The molecule has 1 aromatic carbocycles. The third kappa shape index (κ3) is 4.20. The maximum atomic E-state index is 13.1. The quantitative estimate of drug-likeness (QED) is 0.807. The predicted molar refractivity (Wildman–Crippen MR) is 75.6 cm³/mol. The van der Waals surface area contributed by atoms with Gasteiger partial charge in [-0.1, -0.05) is 25.7 Å². The molecule has 106 valence electrons. The summed E-state index contributed by atoms with van der Waals surface area (Å²) in [7, 11) is 0. The number of benzene rings is 1. The Morgan fingerprint density at radius 2 is 1.95 bits per heavy atom. The van der Waals surface area contributed by atoms with Crippen molar-refractivity contribution in [1.29, 1.82) is 0 Å². The molecule has 19 heavy (non-hydrogen) atoms. The van der Waals surface area contributed by atoms with Crippen LogP contribution in [0.3, 0.4) is 0 Å². The standard InChI is InChI=1S/C16H24FNO/c1-12(13-6-4-2-3-5-7-13)18-11-14-10-15(17)8-9-16(14)19/h8-10,12-13,18-19H,2-7,11H2,1H3/t12-/m1/s1. The van der Waals surface area contributed by atoms with Crippen LogP contribution in [-0.4, -0.2) is 11.1 Å². The zero-order valence-corrected chi connectivity index (χ0v) is 11.7. The molecule has 3 heteroatoms. The summed E-state index contributed by atoms with van der Waals surface area (Å²) in [6, 6.07) is 4.53. The van der Waals surface area contributed by atoms with Crippen molar-refractivity contribution >= 4 is 0 Å². The summed E-state index contributed by atoms with van der Waals surface area (Å²) >= 11 is 0. The van der Waals surface area contributed by atoms with E-state index in [1.54, 1.807) is 0 Å². The molecule has 1 aliphatic carbocycles. The van der Waals surface area contributed by atoms with Crippen molar-refractivity contribution in [3.8, 4) is 5.75 Å². The number of phenolic OH excluding ortho intramolecular Hbond substituents is 1. The highest BCUT2D eigenvalue weighted by molar-refractivity contribution is 5.32. The van der Waals surface area contributed by atoms with Gasteiger partial charge in [0, 0.05) is 18.2 Å². The van der Waals surface area contributed by atoms with Gasteiger partial charge in [-0.2, -0.15) is 0 Å². The van der Waals surface area contributed by atoms with Crippen LogP contribution in [0.4, 0.5) is 4.39 Å². The fourth-order valence-electron chi connectivity index (χ4n) is 2.94. The van der Waals surface area contributed by atoms with Gasteiger partial charge in [-0.3, -0.25) is 0 Å². The monoisotopic (exact) mass is 265 g/mol. The maximum absolute atomic E-state index is 13.1. The molecule has 1 atom stereocenters. The van der Waals surface area contributed by atoms with Crippen LogP contribution in [0.15, 0.2) is 18.2 Å². The summed E-state index contributed by atoms with van der Waals surface area (Å²) in [5, 5.41) is 13.1. The highest BCUT2D eigenvalue weighted by atomic mass is 19.1. The lowest BCUT2D eigenvalue weighted by Gasteiger charge is -2.24. The van der Waals surface area contributed by atoms with E-state index in [0.717, 1.165) is 0 Å². The lowest BCUT2D eigenvalue weighted by Crippen LogP contribution is -2.33. The molecular weight excluding hydrogens is 241 g/mol. The van der Waals surface area contributed by atoms with Crippen molar-refractivity contribution in [2.24, 2.45) is 5.92 Å². The van der Waals surface area contributed by atoms with Crippen molar-refractivity contribution in [1.82, 2.24) is 5.32 Å². The van der Waals surface area contributed by atoms with E-state index in [1.165, 1.54) is 56.7 Å². The Balaban J connectivity index is 1.88. The number of phenols is 1. The second-order valence-electron chi connectivity index (χ2n) is 5.69. The molecular formula is C16H24FNO. The second-order valence-corrected chi connectivity index (χ2v) is 5.69. The first-order valence-electron chi connectivity index (χ1n) is 7.37. The molecule has 0 aliphatic heterocycles. The molecule has 0 aromatic heterocycles. The SMILES string of the molecule is C[C@@H](NCc1cc(F)ccc1O)C1CCCCCC1.